The Morgan fingerprint density at radius 1 is 1.47 bits per heavy atom. The van der Waals surface area contributed by atoms with Crippen molar-refractivity contribution in [3.63, 3.8) is 0 Å². The fourth-order valence-electron chi connectivity index (χ4n) is 1.72. The highest BCUT2D eigenvalue weighted by Gasteiger charge is 2.28. The number of carbonyl (C=O) groups is 1. The van der Waals surface area contributed by atoms with Gasteiger partial charge in [-0.1, -0.05) is 23.2 Å². The molecule has 2 atom stereocenters. The number of aromatic nitrogens is 1. The van der Waals surface area contributed by atoms with Gasteiger partial charge in [0.25, 0.3) is 5.91 Å². The number of halogens is 2. The predicted octanol–water partition coefficient (Wildman–Crippen LogP) is 2.89. The van der Waals surface area contributed by atoms with Crippen molar-refractivity contribution in [1.82, 2.24) is 4.98 Å². The van der Waals surface area contributed by atoms with Crippen molar-refractivity contribution in [2.24, 2.45) is 0 Å². The van der Waals surface area contributed by atoms with Gasteiger partial charge in [0.2, 0.25) is 0 Å². The summed E-state index contributed by atoms with van der Waals surface area (Å²) in [6.45, 7) is 1.95. The molecule has 1 fully saturated rings. The van der Waals surface area contributed by atoms with Crippen LogP contribution in [0.2, 0.25) is 10.0 Å². The van der Waals surface area contributed by atoms with Crippen molar-refractivity contribution in [2.45, 2.75) is 32.0 Å². The van der Waals surface area contributed by atoms with Gasteiger partial charge in [-0.15, -0.1) is 0 Å². The van der Waals surface area contributed by atoms with E-state index in [1.165, 1.54) is 12.4 Å². The fraction of sp³-hybridized carbons (Fsp3) is 0.455. The van der Waals surface area contributed by atoms with Crippen molar-refractivity contribution >= 4 is 34.8 Å². The van der Waals surface area contributed by atoms with Crippen LogP contribution >= 0.6 is 23.2 Å². The Hall–Kier alpha value is -0.840. The van der Waals surface area contributed by atoms with Crippen molar-refractivity contribution < 1.29 is 9.53 Å². The number of rotatable bonds is 2. The van der Waals surface area contributed by atoms with Crippen LogP contribution in [0, 0.1) is 0 Å². The number of hydrogen-bond acceptors (Lipinski definition) is 3. The quantitative estimate of drug-likeness (QED) is 0.902. The number of amides is 1. The summed E-state index contributed by atoms with van der Waals surface area (Å²) in [6, 6.07) is 0. The smallest absolute Gasteiger partial charge is 0.253 e. The molecule has 0 spiro atoms. The van der Waals surface area contributed by atoms with Crippen molar-refractivity contribution in [3.8, 4) is 0 Å². The average Bonchev–Trinajstić information content (AvgIpc) is 2.72. The number of ether oxygens (including phenoxy) is 1. The Bertz CT molecular complexity index is 439. The van der Waals surface area contributed by atoms with E-state index in [0.29, 0.717) is 15.7 Å². The summed E-state index contributed by atoms with van der Waals surface area (Å²) in [7, 11) is 0. The zero-order valence-electron chi connectivity index (χ0n) is 9.24. The summed E-state index contributed by atoms with van der Waals surface area (Å²) in [5.41, 5.74) is 0.410. The molecule has 0 radical (unpaired) electrons. The summed E-state index contributed by atoms with van der Waals surface area (Å²) < 4.78 is 5.46. The standard InChI is InChI=1S/C11H12Cl2N2O2/c1-6-2-3-9(17-6)11(16)15-8-5-14-4-7(12)10(8)13/h4-6,9H,2-3H2,1H3,(H,15,16)/t6-,9-/m0/s1. The van der Waals surface area contributed by atoms with Gasteiger partial charge in [0.15, 0.2) is 0 Å². The Kier molecular flexibility index (Phi) is 3.86. The van der Waals surface area contributed by atoms with Gasteiger partial charge in [-0.2, -0.15) is 0 Å². The van der Waals surface area contributed by atoms with E-state index in [2.05, 4.69) is 10.3 Å². The third kappa shape index (κ3) is 2.89. The van der Waals surface area contributed by atoms with Gasteiger partial charge in [0, 0.05) is 6.20 Å². The minimum Gasteiger partial charge on any atom is -0.365 e. The number of hydrogen-bond donors (Lipinski definition) is 1. The molecule has 1 N–H and O–H groups in total. The highest BCUT2D eigenvalue weighted by Crippen LogP contribution is 2.29. The van der Waals surface area contributed by atoms with Crippen molar-refractivity contribution in [1.29, 1.82) is 0 Å². The van der Waals surface area contributed by atoms with Gasteiger partial charge in [-0.25, -0.2) is 0 Å². The second kappa shape index (κ2) is 5.21. The van der Waals surface area contributed by atoms with Gasteiger partial charge in [0.05, 0.1) is 28.0 Å². The maximum absolute atomic E-state index is 11.9. The highest BCUT2D eigenvalue weighted by molar-refractivity contribution is 6.43. The molecule has 2 heterocycles. The van der Waals surface area contributed by atoms with Gasteiger partial charge >= 0.3 is 0 Å². The SMILES string of the molecule is C[C@H]1CC[C@@H](C(=O)Nc2cncc(Cl)c2Cl)O1. The monoisotopic (exact) mass is 274 g/mol. The average molecular weight is 275 g/mol. The van der Waals surface area contributed by atoms with Gasteiger partial charge in [-0.05, 0) is 19.8 Å². The van der Waals surface area contributed by atoms with Crippen LogP contribution in [0.1, 0.15) is 19.8 Å². The third-order valence-corrected chi connectivity index (χ3v) is 3.41. The van der Waals surface area contributed by atoms with Gasteiger partial charge in [0.1, 0.15) is 6.10 Å². The predicted molar refractivity (Wildman–Crippen MR) is 66.5 cm³/mol. The van der Waals surface area contributed by atoms with Gasteiger partial charge < -0.3 is 10.1 Å². The van der Waals surface area contributed by atoms with E-state index in [0.717, 1.165) is 12.8 Å². The molecule has 1 amide bonds. The van der Waals surface area contributed by atoms with E-state index in [1.54, 1.807) is 0 Å². The molecule has 0 bridgehead atoms. The number of pyridine rings is 1. The molecule has 1 aromatic rings. The van der Waals surface area contributed by atoms with Crippen LogP contribution in [0.25, 0.3) is 0 Å². The largest absolute Gasteiger partial charge is 0.365 e. The Balaban J connectivity index is 2.06. The topological polar surface area (TPSA) is 51.2 Å². The zero-order chi connectivity index (χ0) is 12.4. The molecule has 1 saturated heterocycles. The van der Waals surface area contributed by atoms with Crippen LogP contribution in [-0.4, -0.2) is 23.1 Å². The van der Waals surface area contributed by atoms with Crippen molar-refractivity contribution in [3.05, 3.63) is 22.4 Å². The maximum Gasteiger partial charge on any atom is 0.253 e. The zero-order valence-corrected chi connectivity index (χ0v) is 10.8. The Morgan fingerprint density at radius 3 is 2.88 bits per heavy atom. The number of anilines is 1. The minimum atomic E-state index is -0.417. The number of nitrogens with zero attached hydrogens (tertiary/aromatic N) is 1. The normalized spacial score (nSPS) is 23.7. The molecule has 1 aromatic heterocycles. The van der Waals surface area contributed by atoms with E-state index in [-0.39, 0.29) is 12.0 Å². The van der Waals surface area contributed by atoms with Crippen LogP contribution in [0.15, 0.2) is 12.4 Å². The van der Waals surface area contributed by atoms with E-state index < -0.39 is 6.10 Å². The molecule has 92 valence electrons. The van der Waals surface area contributed by atoms with Crippen LogP contribution in [0.4, 0.5) is 5.69 Å². The van der Waals surface area contributed by atoms with E-state index in [1.807, 2.05) is 6.92 Å². The number of nitrogens with one attached hydrogen (secondary N) is 1. The third-order valence-electron chi connectivity index (χ3n) is 2.62. The fourth-order valence-corrected chi connectivity index (χ4v) is 2.02. The molecule has 2 rings (SSSR count). The first kappa shape index (κ1) is 12.6. The summed E-state index contributed by atoms with van der Waals surface area (Å²) in [4.78, 5) is 15.7. The van der Waals surface area contributed by atoms with Crippen LogP contribution in [0.5, 0.6) is 0 Å². The molecule has 17 heavy (non-hydrogen) atoms. The lowest BCUT2D eigenvalue weighted by atomic mass is 10.2. The number of carbonyl (C=O) groups excluding carboxylic acids is 1. The first-order valence-electron chi connectivity index (χ1n) is 5.33. The van der Waals surface area contributed by atoms with Crippen LogP contribution < -0.4 is 5.32 Å². The lowest BCUT2D eigenvalue weighted by Crippen LogP contribution is -2.27. The molecular formula is C11H12Cl2N2O2. The molecule has 1 aliphatic heterocycles. The lowest BCUT2D eigenvalue weighted by molar-refractivity contribution is -0.126. The van der Waals surface area contributed by atoms with E-state index in [4.69, 9.17) is 27.9 Å². The molecule has 6 heteroatoms. The van der Waals surface area contributed by atoms with Crippen LogP contribution in [0.3, 0.4) is 0 Å². The summed E-state index contributed by atoms with van der Waals surface area (Å²) >= 11 is 11.7. The minimum absolute atomic E-state index is 0.124. The maximum atomic E-state index is 11.9. The van der Waals surface area contributed by atoms with Gasteiger partial charge in [-0.3, -0.25) is 9.78 Å². The summed E-state index contributed by atoms with van der Waals surface area (Å²) in [5.74, 6) is -0.208. The lowest BCUT2D eigenvalue weighted by Gasteiger charge is -2.12. The second-order valence-corrected chi connectivity index (χ2v) is 4.77. The molecule has 0 aromatic carbocycles. The molecule has 0 saturated carbocycles. The summed E-state index contributed by atoms with van der Waals surface area (Å²) in [6.07, 6.45) is 4.20. The van der Waals surface area contributed by atoms with Crippen LogP contribution in [-0.2, 0) is 9.53 Å². The molecular weight excluding hydrogens is 263 g/mol. The Labute approximate surface area is 109 Å². The Morgan fingerprint density at radius 2 is 2.24 bits per heavy atom. The molecule has 4 nitrogen and oxygen atoms in total. The van der Waals surface area contributed by atoms with E-state index >= 15 is 0 Å². The second-order valence-electron chi connectivity index (χ2n) is 3.98. The molecule has 0 unspecified atom stereocenters. The molecule has 1 aliphatic rings. The van der Waals surface area contributed by atoms with E-state index in [9.17, 15) is 4.79 Å². The first-order valence-corrected chi connectivity index (χ1v) is 6.09. The highest BCUT2D eigenvalue weighted by atomic mass is 35.5. The molecule has 0 aliphatic carbocycles. The summed E-state index contributed by atoms with van der Waals surface area (Å²) in [5, 5.41) is 3.27. The first-order chi connectivity index (χ1) is 8.08. The van der Waals surface area contributed by atoms with Crippen molar-refractivity contribution in [2.75, 3.05) is 5.32 Å².